The Hall–Kier alpha value is -4.24. The number of para-hydroxylation sites is 2. The Labute approximate surface area is 183 Å². The standard InChI is InChI=1S/C29H18N2O/c1-17-14-19(15-24-20(17)11-10-18-16-30-13-12-21(18)24)28-29-27(22-6-2-4-8-25(22)31-28)23-7-3-5-9-26(23)32-29/h2-16H,1H3. The maximum atomic E-state index is 6.41. The highest BCUT2D eigenvalue weighted by molar-refractivity contribution is 6.21. The molecule has 0 atom stereocenters. The van der Waals surface area contributed by atoms with Crippen molar-refractivity contribution in [2.45, 2.75) is 6.92 Å². The van der Waals surface area contributed by atoms with Gasteiger partial charge in [0.15, 0.2) is 5.58 Å². The zero-order valence-electron chi connectivity index (χ0n) is 17.5. The average Bonchev–Trinajstić information content (AvgIpc) is 3.23. The van der Waals surface area contributed by atoms with Crippen LogP contribution in [0.2, 0.25) is 0 Å². The molecule has 150 valence electrons. The molecule has 0 aliphatic carbocycles. The van der Waals surface area contributed by atoms with E-state index in [1.165, 1.54) is 21.7 Å². The summed E-state index contributed by atoms with van der Waals surface area (Å²) in [5.41, 5.74) is 5.86. The largest absolute Gasteiger partial charge is 0.454 e. The van der Waals surface area contributed by atoms with E-state index in [0.717, 1.165) is 49.5 Å². The van der Waals surface area contributed by atoms with E-state index in [1.807, 2.05) is 30.6 Å². The summed E-state index contributed by atoms with van der Waals surface area (Å²) >= 11 is 0. The molecule has 7 aromatic rings. The van der Waals surface area contributed by atoms with E-state index in [9.17, 15) is 0 Å². The minimum Gasteiger partial charge on any atom is -0.454 e. The highest BCUT2D eigenvalue weighted by Gasteiger charge is 2.18. The fourth-order valence-corrected chi connectivity index (χ4v) is 4.97. The number of nitrogens with zero attached hydrogens (tertiary/aromatic N) is 2. The lowest BCUT2D eigenvalue weighted by Gasteiger charge is -2.11. The van der Waals surface area contributed by atoms with Gasteiger partial charge in [-0.05, 0) is 59.0 Å². The Kier molecular flexibility index (Phi) is 3.48. The van der Waals surface area contributed by atoms with Gasteiger partial charge in [-0.25, -0.2) is 4.98 Å². The fourth-order valence-electron chi connectivity index (χ4n) is 4.97. The first-order chi connectivity index (χ1) is 15.8. The molecule has 0 N–H and O–H groups in total. The van der Waals surface area contributed by atoms with Crippen molar-refractivity contribution in [3.05, 3.63) is 96.8 Å². The molecule has 0 bridgehead atoms. The zero-order chi connectivity index (χ0) is 21.2. The molecule has 3 aromatic heterocycles. The minimum atomic E-state index is 0.838. The predicted octanol–water partition coefficient (Wildman–Crippen LogP) is 7.81. The van der Waals surface area contributed by atoms with Crippen LogP contribution in [0, 0.1) is 6.92 Å². The fraction of sp³-hybridized carbons (Fsp3) is 0.0345. The summed E-state index contributed by atoms with van der Waals surface area (Å²) in [7, 11) is 0. The van der Waals surface area contributed by atoms with Gasteiger partial charge in [-0.15, -0.1) is 0 Å². The number of fused-ring (bicyclic) bond motifs is 8. The molecule has 0 aliphatic heterocycles. The molecule has 0 spiro atoms. The Bertz CT molecular complexity index is 1850. The number of pyridine rings is 2. The van der Waals surface area contributed by atoms with Crippen molar-refractivity contribution in [2.75, 3.05) is 0 Å². The van der Waals surface area contributed by atoms with E-state index in [1.54, 1.807) is 0 Å². The van der Waals surface area contributed by atoms with Crippen molar-refractivity contribution in [3.63, 3.8) is 0 Å². The molecular formula is C29H18N2O. The van der Waals surface area contributed by atoms with Crippen LogP contribution in [-0.2, 0) is 0 Å². The van der Waals surface area contributed by atoms with E-state index in [2.05, 4.69) is 72.6 Å². The maximum absolute atomic E-state index is 6.41. The summed E-state index contributed by atoms with van der Waals surface area (Å²) < 4.78 is 6.41. The molecule has 4 aromatic carbocycles. The zero-order valence-corrected chi connectivity index (χ0v) is 17.5. The van der Waals surface area contributed by atoms with Crippen LogP contribution < -0.4 is 0 Å². The smallest absolute Gasteiger partial charge is 0.162 e. The summed E-state index contributed by atoms with van der Waals surface area (Å²) in [5, 5.41) is 8.15. The Balaban J connectivity index is 1.66. The van der Waals surface area contributed by atoms with Gasteiger partial charge in [0.2, 0.25) is 0 Å². The van der Waals surface area contributed by atoms with Gasteiger partial charge in [0.25, 0.3) is 0 Å². The third-order valence-electron chi connectivity index (χ3n) is 6.45. The third kappa shape index (κ3) is 2.36. The van der Waals surface area contributed by atoms with Crippen molar-refractivity contribution in [1.29, 1.82) is 0 Å². The van der Waals surface area contributed by atoms with Crippen molar-refractivity contribution >= 4 is 54.4 Å². The number of aromatic nitrogens is 2. The molecule has 7 rings (SSSR count). The first-order valence-electron chi connectivity index (χ1n) is 10.8. The summed E-state index contributed by atoms with van der Waals surface area (Å²) in [6.45, 7) is 2.16. The molecular weight excluding hydrogens is 392 g/mol. The molecule has 0 amide bonds. The third-order valence-corrected chi connectivity index (χ3v) is 6.45. The quantitative estimate of drug-likeness (QED) is 0.259. The highest BCUT2D eigenvalue weighted by Crippen LogP contribution is 2.40. The lowest BCUT2D eigenvalue weighted by atomic mass is 9.95. The van der Waals surface area contributed by atoms with Gasteiger partial charge in [-0.3, -0.25) is 4.98 Å². The first-order valence-corrected chi connectivity index (χ1v) is 10.8. The summed E-state index contributed by atoms with van der Waals surface area (Å²) in [6, 6.07) is 27.4. The first kappa shape index (κ1) is 17.4. The van der Waals surface area contributed by atoms with Crippen LogP contribution in [0.5, 0.6) is 0 Å². The number of hydrogen-bond acceptors (Lipinski definition) is 3. The van der Waals surface area contributed by atoms with Gasteiger partial charge in [0, 0.05) is 39.5 Å². The normalized spacial score (nSPS) is 11.9. The minimum absolute atomic E-state index is 0.838. The second-order valence-electron chi connectivity index (χ2n) is 8.33. The summed E-state index contributed by atoms with van der Waals surface area (Å²) in [5.74, 6) is 0. The molecule has 0 radical (unpaired) electrons. The second-order valence-corrected chi connectivity index (χ2v) is 8.33. The van der Waals surface area contributed by atoms with Crippen LogP contribution in [0.4, 0.5) is 0 Å². The van der Waals surface area contributed by atoms with Crippen LogP contribution in [-0.4, -0.2) is 9.97 Å². The van der Waals surface area contributed by atoms with Gasteiger partial charge in [-0.2, -0.15) is 0 Å². The number of rotatable bonds is 1. The lowest BCUT2D eigenvalue weighted by Crippen LogP contribution is -1.90. The monoisotopic (exact) mass is 410 g/mol. The van der Waals surface area contributed by atoms with Gasteiger partial charge < -0.3 is 4.42 Å². The molecule has 0 saturated heterocycles. The summed E-state index contributed by atoms with van der Waals surface area (Å²) in [6.07, 6.45) is 3.78. The van der Waals surface area contributed by atoms with Crippen LogP contribution in [0.1, 0.15) is 5.56 Å². The van der Waals surface area contributed by atoms with Gasteiger partial charge in [0.05, 0.1) is 5.52 Å². The summed E-state index contributed by atoms with van der Waals surface area (Å²) in [4.78, 5) is 9.39. The van der Waals surface area contributed by atoms with Crippen molar-refractivity contribution in [1.82, 2.24) is 9.97 Å². The Morgan fingerprint density at radius 1 is 0.719 bits per heavy atom. The van der Waals surface area contributed by atoms with E-state index < -0.39 is 0 Å². The van der Waals surface area contributed by atoms with E-state index in [4.69, 9.17) is 9.40 Å². The molecule has 0 saturated carbocycles. The molecule has 3 nitrogen and oxygen atoms in total. The van der Waals surface area contributed by atoms with Crippen molar-refractivity contribution in [2.24, 2.45) is 0 Å². The predicted molar refractivity (Wildman–Crippen MR) is 132 cm³/mol. The highest BCUT2D eigenvalue weighted by atomic mass is 16.3. The maximum Gasteiger partial charge on any atom is 0.162 e. The van der Waals surface area contributed by atoms with Crippen LogP contribution in [0.15, 0.2) is 95.7 Å². The van der Waals surface area contributed by atoms with Crippen molar-refractivity contribution < 1.29 is 4.42 Å². The van der Waals surface area contributed by atoms with Gasteiger partial charge in [-0.1, -0.05) is 48.5 Å². The molecule has 32 heavy (non-hydrogen) atoms. The van der Waals surface area contributed by atoms with Crippen LogP contribution in [0.25, 0.3) is 65.6 Å². The van der Waals surface area contributed by atoms with Gasteiger partial charge in [0.1, 0.15) is 11.3 Å². The molecule has 0 aliphatic rings. The average molecular weight is 410 g/mol. The molecule has 3 heterocycles. The number of aryl methyl sites for hydroxylation is 1. The number of benzene rings is 4. The van der Waals surface area contributed by atoms with E-state index in [-0.39, 0.29) is 0 Å². The molecule has 0 unspecified atom stereocenters. The topological polar surface area (TPSA) is 38.9 Å². The SMILES string of the molecule is Cc1cc(-c2nc3ccccc3c3c2oc2ccccc23)cc2c1ccc1cnccc12. The van der Waals surface area contributed by atoms with E-state index >= 15 is 0 Å². The van der Waals surface area contributed by atoms with Crippen molar-refractivity contribution in [3.8, 4) is 11.3 Å². The van der Waals surface area contributed by atoms with Gasteiger partial charge >= 0.3 is 0 Å². The number of hydrogen-bond donors (Lipinski definition) is 0. The molecule has 0 fully saturated rings. The van der Waals surface area contributed by atoms with Crippen LogP contribution in [0.3, 0.4) is 0 Å². The molecule has 3 heteroatoms. The number of furan rings is 1. The van der Waals surface area contributed by atoms with Crippen LogP contribution >= 0.6 is 0 Å². The second kappa shape index (κ2) is 6.38. The van der Waals surface area contributed by atoms with E-state index in [0.29, 0.717) is 0 Å². The Morgan fingerprint density at radius 2 is 1.56 bits per heavy atom. The Morgan fingerprint density at radius 3 is 2.50 bits per heavy atom. The lowest BCUT2D eigenvalue weighted by molar-refractivity contribution is 0.669.